The van der Waals surface area contributed by atoms with Gasteiger partial charge in [-0.25, -0.2) is 9.59 Å². The van der Waals surface area contributed by atoms with Gasteiger partial charge in [0.15, 0.2) is 6.04 Å². The zero-order valence-corrected chi connectivity index (χ0v) is 15.9. The molecular weight excluding hydrogens is 330 g/mol. The van der Waals surface area contributed by atoms with Gasteiger partial charge in [-0.15, -0.1) is 0 Å². The van der Waals surface area contributed by atoms with Gasteiger partial charge in [-0.05, 0) is 26.3 Å². The molecule has 136 valence electrons. The summed E-state index contributed by atoms with van der Waals surface area (Å²) < 4.78 is 15.6. The van der Waals surface area contributed by atoms with Crippen LogP contribution in [0.3, 0.4) is 0 Å². The van der Waals surface area contributed by atoms with Crippen molar-refractivity contribution >= 4 is 25.6 Å². The summed E-state index contributed by atoms with van der Waals surface area (Å²) in [6, 6.07) is 8.71. The van der Waals surface area contributed by atoms with E-state index >= 15 is 0 Å². The third-order valence-corrected chi connectivity index (χ3v) is 3.01. The van der Waals surface area contributed by atoms with Crippen LogP contribution in [0.1, 0.15) is 26.3 Å². The van der Waals surface area contributed by atoms with E-state index in [4.69, 9.17) is 14.2 Å². The van der Waals surface area contributed by atoms with Gasteiger partial charge in [-0.3, -0.25) is 4.90 Å². The molecule has 7 heteroatoms. The minimum Gasteiger partial charge on any atom is -0.467 e. The summed E-state index contributed by atoms with van der Waals surface area (Å²) in [6.45, 7) is 5.65. The number of ether oxygens (including phenoxy) is 3. The summed E-state index contributed by atoms with van der Waals surface area (Å²) >= 11 is 0. The van der Waals surface area contributed by atoms with Crippen molar-refractivity contribution in [3.8, 4) is 0 Å². The normalized spacial score (nSPS) is 11.9. The van der Waals surface area contributed by atoms with Crippen molar-refractivity contribution in [2.75, 3.05) is 20.8 Å². The third kappa shape index (κ3) is 7.70. The molecule has 1 atom stereocenters. The van der Waals surface area contributed by atoms with E-state index in [1.165, 1.54) is 19.1 Å². The molecule has 0 radical (unpaired) electrons. The van der Waals surface area contributed by atoms with E-state index in [2.05, 4.69) is 0 Å². The summed E-state index contributed by atoms with van der Waals surface area (Å²) in [4.78, 5) is 25.2. The number of amides is 1. The van der Waals surface area contributed by atoms with Crippen LogP contribution in [-0.2, 0) is 25.6 Å². The van der Waals surface area contributed by atoms with Crippen LogP contribution in [-0.4, -0.2) is 49.4 Å². The average molecular weight is 357 g/mol. The number of rotatable bonds is 6. The number of esters is 1. The number of methoxy groups -OCH3 is 1. The maximum atomic E-state index is 12.1. The Labute approximate surface area is 150 Å². The highest BCUT2D eigenvalue weighted by molar-refractivity contribution is 7.59. The van der Waals surface area contributed by atoms with Gasteiger partial charge in [0.25, 0.3) is 0 Å². The second kappa shape index (κ2) is 10.2. The maximum absolute atomic E-state index is 12.1. The number of likely N-dealkylation sites (N-methyl/N-ethyl adjacent to an activating group) is 1. The van der Waals surface area contributed by atoms with Gasteiger partial charge in [0.1, 0.15) is 5.60 Å². The van der Waals surface area contributed by atoms with Crippen molar-refractivity contribution in [2.24, 2.45) is 0 Å². The lowest BCUT2D eigenvalue weighted by molar-refractivity contribution is -0.148. The molecule has 0 saturated heterocycles. The Morgan fingerprint density at radius 1 is 1.17 bits per heavy atom. The molecule has 0 aliphatic rings. The van der Waals surface area contributed by atoms with Crippen molar-refractivity contribution in [1.29, 1.82) is 0 Å². The first kappa shape index (κ1) is 22.3. The molecule has 1 amide bonds. The lowest BCUT2D eigenvalue weighted by atomic mass is 10.2. The fourth-order valence-electron chi connectivity index (χ4n) is 1.80. The van der Waals surface area contributed by atoms with E-state index in [-0.39, 0.29) is 20.1 Å². The molecule has 0 spiro atoms. The zero-order valence-electron chi connectivity index (χ0n) is 14.9. The lowest BCUT2D eigenvalue weighted by Gasteiger charge is -2.29. The van der Waals surface area contributed by atoms with E-state index in [0.717, 1.165) is 5.56 Å². The summed E-state index contributed by atoms with van der Waals surface area (Å²) in [6.07, 6.45) is -0.601. The van der Waals surface area contributed by atoms with Crippen molar-refractivity contribution in [3.05, 3.63) is 35.9 Å². The van der Waals surface area contributed by atoms with Gasteiger partial charge in [-0.2, -0.15) is 13.5 Å². The van der Waals surface area contributed by atoms with Gasteiger partial charge >= 0.3 is 12.1 Å². The van der Waals surface area contributed by atoms with Crippen molar-refractivity contribution in [1.82, 2.24) is 4.90 Å². The SMILES string of the molecule is COC(=O)[C@H](COCc1ccccc1)N(C)C(=O)OC(C)(C)C.S. The largest absolute Gasteiger partial charge is 0.467 e. The Bertz CT molecular complexity index is 515. The highest BCUT2D eigenvalue weighted by Crippen LogP contribution is 2.12. The smallest absolute Gasteiger partial charge is 0.410 e. The topological polar surface area (TPSA) is 65.1 Å². The first-order valence-electron chi connectivity index (χ1n) is 7.40. The van der Waals surface area contributed by atoms with Gasteiger partial charge in [0.2, 0.25) is 0 Å². The van der Waals surface area contributed by atoms with E-state index in [9.17, 15) is 9.59 Å². The summed E-state index contributed by atoms with van der Waals surface area (Å²) in [7, 11) is 2.76. The number of nitrogens with zero attached hydrogens (tertiary/aromatic N) is 1. The third-order valence-electron chi connectivity index (χ3n) is 3.01. The van der Waals surface area contributed by atoms with E-state index < -0.39 is 23.7 Å². The van der Waals surface area contributed by atoms with Crippen LogP contribution in [0.25, 0.3) is 0 Å². The standard InChI is InChI=1S/C17H25NO5.H2S/c1-17(2,3)23-16(20)18(4)14(15(19)21-5)12-22-11-13-9-7-6-8-10-13;/h6-10,14H,11-12H2,1-5H3;1H2/t14-;/m0./s1. The molecule has 24 heavy (non-hydrogen) atoms. The van der Waals surface area contributed by atoms with Gasteiger partial charge in [0, 0.05) is 7.05 Å². The quantitative estimate of drug-likeness (QED) is 0.733. The number of hydrogen-bond acceptors (Lipinski definition) is 5. The van der Waals surface area contributed by atoms with E-state index in [1.54, 1.807) is 20.8 Å². The number of hydrogen-bond donors (Lipinski definition) is 0. The number of carbonyl (C=O) groups is 2. The Morgan fingerprint density at radius 3 is 2.25 bits per heavy atom. The van der Waals surface area contributed by atoms with Crippen molar-refractivity contribution in [3.63, 3.8) is 0 Å². The van der Waals surface area contributed by atoms with Crippen LogP contribution < -0.4 is 0 Å². The summed E-state index contributed by atoms with van der Waals surface area (Å²) in [5.74, 6) is -0.550. The summed E-state index contributed by atoms with van der Waals surface area (Å²) in [5, 5.41) is 0. The molecule has 1 rings (SSSR count). The average Bonchev–Trinajstić information content (AvgIpc) is 2.49. The first-order chi connectivity index (χ1) is 10.7. The van der Waals surface area contributed by atoms with E-state index in [0.29, 0.717) is 6.61 Å². The second-order valence-electron chi connectivity index (χ2n) is 6.13. The first-order valence-corrected chi connectivity index (χ1v) is 7.40. The predicted molar refractivity (Wildman–Crippen MR) is 96.3 cm³/mol. The Balaban J connectivity index is 0.00000529. The molecule has 0 aliphatic carbocycles. The summed E-state index contributed by atoms with van der Waals surface area (Å²) in [5.41, 5.74) is 0.340. The molecule has 0 aromatic heterocycles. The van der Waals surface area contributed by atoms with Gasteiger partial charge < -0.3 is 14.2 Å². The number of carbonyl (C=O) groups excluding carboxylic acids is 2. The fourth-order valence-corrected chi connectivity index (χ4v) is 1.80. The monoisotopic (exact) mass is 357 g/mol. The molecule has 0 aliphatic heterocycles. The van der Waals surface area contributed by atoms with Gasteiger partial charge in [-0.1, -0.05) is 30.3 Å². The zero-order chi connectivity index (χ0) is 17.5. The number of benzene rings is 1. The van der Waals surface area contributed by atoms with Crippen LogP contribution in [0, 0.1) is 0 Å². The van der Waals surface area contributed by atoms with Crippen molar-refractivity contribution in [2.45, 2.75) is 39.0 Å². The molecule has 0 heterocycles. The molecular formula is C17H27NO5S. The predicted octanol–water partition coefficient (Wildman–Crippen LogP) is 2.72. The molecule has 0 fully saturated rings. The van der Waals surface area contributed by atoms with Crippen LogP contribution in [0.15, 0.2) is 30.3 Å². The van der Waals surface area contributed by atoms with Crippen molar-refractivity contribution < 1.29 is 23.8 Å². The molecule has 1 aromatic rings. The molecule has 1 aromatic carbocycles. The molecule has 0 N–H and O–H groups in total. The van der Waals surface area contributed by atoms with Crippen LogP contribution in [0.2, 0.25) is 0 Å². The maximum Gasteiger partial charge on any atom is 0.410 e. The minimum absolute atomic E-state index is 0. The second-order valence-corrected chi connectivity index (χ2v) is 6.13. The fraction of sp³-hybridized carbons (Fsp3) is 0.529. The highest BCUT2D eigenvalue weighted by atomic mass is 32.1. The minimum atomic E-state index is -0.862. The molecule has 0 unspecified atom stereocenters. The van der Waals surface area contributed by atoms with Crippen LogP contribution in [0.5, 0.6) is 0 Å². The highest BCUT2D eigenvalue weighted by Gasteiger charge is 2.31. The van der Waals surface area contributed by atoms with E-state index in [1.807, 2.05) is 30.3 Å². The Kier molecular flexibility index (Phi) is 9.47. The molecule has 6 nitrogen and oxygen atoms in total. The Morgan fingerprint density at radius 2 is 1.75 bits per heavy atom. The van der Waals surface area contributed by atoms with Crippen LogP contribution in [0.4, 0.5) is 4.79 Å². The van der Waals surface area contributed by atoms with Gasteiger partial charge in [0.05, 0.1) is 20.3 Å². The lowest BCUT2D eigenvalue weighted by Crippen LogP contribution is -2.47. The Hall–Kier alpha value is -1.73. The molecule has 0 bridgehead atoms. The van der Waals surface area contributed by atoms with Crippen LogP contribution >= 0.6 is 13.5 Å². The molecule has 0 saturated carbocycles.